The first kappa shape index (κ1) is 58.4. The lowest BCUT2D eigenvalue weighted by Gasteiger charge is -2.35. The molecule has 3 heterocycles. The minimum Gasteiger partial charge on any atom is -0.461 e. The summed E-state index contributed by atoms with van der Waals surface area (Å²) in [6.45, 7) is 13.2. The molecule has 0 bridgehead atoms. The van der Waals surface area contributed by atoms with Crippen molar-refractivity contribution in [3.63, 3.8) is 0 Å². The first-order valence-electron chi connectivity index (χ1n) is 25.9. The quantitative estimate of drug-likeness (QED) is 0.0424. The molecule has 2 fully saturated rings. The molecule has 4 amide bonds. The van der Waals surface area contributed by atoms with E-state index in [0.717, 1.165) is 26.4 Å². The van der Waals surface area contributed by atoms with Crippen molar-refractivity contribution >= 4 is 52.4 Å². The number of carbonyl (C=O) groups is 6. The Balaban J connectivity index is 0.788. The van der Waals surface area contributed by atoms with Gasteiger partial charge in [-0.1, -0.05) is 58.9 Å². The Morgan fingerprint density at radius 2 is 1.68 bits per heavy atom. The fraction of sp³-hybridized carbons (Fsp3) is 0.556. The van der Waals surface area contributed by atoms with Crippen molar-refractivity contribution < 1.29 is 61.3 Å². The molecule has 2 aliphatic carbocycles. The second-order valence-electron chi connectivity index (χ2n) is 21.9. The zero-order valence-electron chi connectivity index (χ0n) is 44.5. The van der Waals surface area contributed by atoms with Crippen molar-refractivity contribution in [2.75, 3.05) is 51.4 Å². The zero-order valence-corrected chi connectivity index (χ0v) is 45.3. The Morgan fingerprint density at radius 1 is 0.974 bits per heavy atom. The highest BCUT2D eigenvalue weighted by atomic mass is 32.1. The number of nitrogens with two attached hydrogens (primary N) is 1. The van der Waals surface area contributed by atoms with Crippen molar-refractivity contribution in [2.45, 2.75) is 136 Å². The van der Waals surface area contributed by atoms with Crippen molar-refractivity contribution in [3.8, 4) is 16.1 Å². The summed E-state index contributed by atoms with van der Waals surface area (Å²) in [5.41, 5.74) is 8.29. The number of aliphatic hydroxyl groups excluding tert-OH is 1. The summed E-state index contributed by atoms with van der Waals surface area (Å²) in [5, 5.41) is 26.6. The molecule has 418 valence electrons. The van der Waals surface area contributed by atoms with Gasteiger partial charge in [-0.25, -0.2) is 9.67 Å². The van der Waals surface area contributed by atoms with Crippen LogP contribution in [0, 0.1) is 17.8 Å². The van der Waals surface area contributed by atoms with Crippen LogP contribution in [0.3, 0.4) is 0 Å². The van der Waals surface area contributed by atoms with Gasteiger partial charge in [0, 0.05) is 37.7 Å². The van der Waals surface area contributed by atoms with Crippen LogP contribution in [0.15, 0.2) is 48.0 Å². The number of benzene rings is 2. The van der Waals surface area contributed by atoms with Crippen LogP contribution < -0.4 is 27.0 Å². The number of amides is 4. The number of thiazole rings is 1. The molecule has 23 heteroatoms. The van der Waals surface area contributed by atoms with Crippen molar-refractivity contribution in [3.05, 3.63) is 81.7 Å². The molecule has 2 aromatic carbocycles. The number of aryl methyl sites for hydroxylation is 1. The van der Waals surface area contributed by atoms with E-state index in [1.807, 2.05) is 58.9 Å². The number of primary amides is 1. The molecule has 4 aromatic rings. The van der Waals surface area contributed by atoms with E-state index < -0.39 is 76.1 Å². The lowest BCUT2D eigenvalue weighted by atomic mass is 9.75. The Labute approximate surface area is 449 Å². The van der Waals surface area contributed by atoms with Crippen LogP contribution in [-0.4, -0.2) is 137 Å². The SMILES string of the molecule is Cc1ncsc1-c1ccc([C@H](C)NC(=O)[C@@H]2C[C@@H](O)CN2C(=O)[C@@H](NCCOCCOCC(=O)NCC(=O)OC2CCC(Nc3cc(-n4nc(C(F)(F)F)c5c4CC(C)(C)CC5=O)ccc3C(N)=O)CC2)C(C)(C)C)cc1. The predicted octanol–water partition coefficient (Wildman–Crippen LogP) is 5.84. The van der Waals surface area contributed by atoms with E-state index >= 15 is 0 Å². The van der Waals surface area contributed by atoms with E-state index in [1.165, 1.54) is 23.1 Å². The number of hydrogen-bond donors (Lipinski definition) is 6. The standard InChI is InChI=1S/C54H70F3N9O10S/c1-30(32-8-10-33(11-9-32)46-31(2)61-29-77-46)62-50(72)40-23-36(67)27-65(40)51(73)48(52(3,4)5)59-18-19-74-20-21-75-28-43(69)60-26-44(70)76-37-15-12-34(13-16-37)63-39-22-35(14-17-38(39)49(58)71)66-41-24-53(6,7)25-42(68)45(41)47(64-66)54(55,56)57/h8-11,14,17,22,29-30,34,36-37,40,48,59,63,67H,12-13,15-16,18-21,23-28H2,1-7H3,(H2,58,71)(H,60,69)(H,62,72)/t30-,34?,36+,37?,40-,48+/m0/s1. The molecular weight excluding hydrogens is 1020 g/mol. The Kier molecular flexibility index (Phi) is 18.7. The molecule has 1 saturated heterocycles. The molecule has 2 aromatic heterocycles. The number of carbonyl (C=O) groups excluding carboxylic acids is 6. The Morgan fingerprint density at radius 3 is 2.32 bits per heavy atom. The number of ketones is 1. The van der Waals surface area contributed by atoms with Gasteiger partial charge in [-0.05, 0) is 86.1 Å². The number of ether oxygens (including phenoxy) is 3. The summed E-state index contributed by atoms with van der Waals surface area (Å²) in [5.74, 6) is -3.22. The number of esters is 1. The van der Waals surface area contributed by atoms with Crippen LogP contribution in [0.25, 0.3) is 16.1 Å². The number of Topliss-reactive ketones (excluding diaryl/α,β-unsaturated/α-hetero) is 1. The number of likely N-dealkylation sites (tertiary alicyclic amines) is 1. The van der Waals surface area contributed by atoms with E-state index in [2.05, 4.69) is 31.3 Å². The van der Waals surface area contributed by atoms with E-state index in [4.69, 9.17) is 19.9 Å². The molecule has 1 saturated carbocycles. The number of aliphatic hydroxyl groups is 1. The number of β-amino-alcohol motifs (C(OH)–C–C–N with tert-alkyl or cyclic N) is 1. The summed E-state index contributed by atoms with van der Waals surface area (Å²) in [6.07, 6.45) is -4.03. The molecule has 4 atom stereocenters. The number of anilines is 1. The second kappa shape index (κ2) is 24.6. The lowest BCUT2D eigenvalue weighted by Crippen LogP contribution is -2.57. The Hall–Kier alpha value is -6.27. The maximum Gasteiger partial charge on any atom is 0.435 e. The largest absolute Gasteiger partial charge is 0.461 e. The number of nitrogens with zero attached hydrogens (tertiary/aromatic N) is 4. The average molecular weight is 1090 g/mol. The second-order valence-corrected chi connectivity index (χ2v) is 22.8. The van der Waals surface area contributed by atoms with Gasteiger partial charge in [-0.3, -0.25) is 28.8 Å². The maximum absolute atomic E-state index is 14.1. The van der Waals surface area contributed by atoms with Gasteiger partial charge in [0.15, 0.2) is 11.5 Å². The predicted molar refractivity (Wildman–Crippen MR) is 280 cm³/mol. The van der Waals surface area contributed by atoms with Crippen LogP contribution in [0.5, 0.6) is 0 Å². The number of aromatic nitrogens is 3. The zero-order chi connectivity index (χ0) is 56.0. The molecule has 1 aliphatic heterocycles. The minimum absolute atomic E-state index is 0.0260. The van der Waals surface area contributed by atoms with Crippen LogP contribution in [0.4, 0.5) is 18.9 Å². The highest BCUT2D eigenvalue weighted by molar-refractivity contribution is 7.13. The van der Waals surface area contributed by atoms with Gasteiger partial charge in [-0.15, -0.1) is 11.3 Å². The number of rotatable bonds is 21. The fourth-order valence-electron chi connectivity index (χ4n) is 10.1. The summed E-state index contributed by atoms with van der Waals surface area (Å²) >= 11 is 1.56. The van der Waals surface area contributed by atoms with E-state index in [0.29, 0.717) is 25.7 Å². The first-order chi connectivity index (χ1) is 36.3. The van der Waals surface area contributed by atoms with Gasteiger partial charge in [0.05, 0.1) is 76.6 Å². The monoisotopic (exact) mass is 1090 g/mol. The van der Waals surface area contributed by atoms with Gasteiger partial charge in [0.1, 0.15) is 25.3 Å². The van der Waals surface area contributed by atoms with Crippen LogP contribution in [0.2, 0.25) is 0 Å². The van der Waals surface area contributed by atoms with Gasteiger partial charge in [0.25, 0.3) is 5.91 Å². The first-order valence-corrected chi connectivity index (χ1v) is 26.7. The van der Waals surface area contributed by atoms with Gasteiger partial charge in [0.2, 0.25) is 17.7 Å². The van der Waals surface area contributed by atoms with E-state index in [1.54, 1.807) is 30.7 Å². The molecule has 0 unspecified atom stereocenters. The summed E-state index contributed by atoms with van der Waals surface area (Å²) in [7, 11) is 0. The number of fused-ring (bicyclic) bond motifs is 1. The average Bonchev–Trinajstić information content (AvgIpc) is 4.14. The molecular formula is C54H70F3N9O10S. The van der Waals surface area contributed by atoms with Crippen molar-refractivity contribution in [1.29, 1.82) is 0 Å². The Bertz CT molecular complexity index is 2790. The molecule has 0 radical (unpaired) electrons. The maximum atomic E-state index is 14.1. The third-order valence-corrected chi connectivity index (χ3v) is 15.0. The van der Waals surface area contributed by atoms with E-state index in [-0.39, 0.29) is 112 Å². The molecule has 3 aliphatic rings. The van der Waals surface area contributed by atoms with Gasteiger partial charge in [-0.2, -0.15) is 18.3 Å². The molecule has 7 rings (SSSR count). The lowest BCUT2D eigenvalue weighted by molar-refractivity contribution is -0.150. The summed E-state index contributed by atoms with van der Waals surface area (Å²) in [6, 6.07) is 10.1. The highest BCUT2D eigenvalue weighted by Gasteiger charge is 2.46. The highest BCUT2D eigenvalue weighted by Crippen LogP contribution is 2.42. The van der Waals surface area contributed by atoms with Crippen LogP contribution in [0.1, 0.15) is 129 Å². The van der Waals surface area contributed by atoms with Crippen molar-refractivity contribution in [2.24, 2.45) is 16.6 Å². The molecule has 19 nitrogen and oxygen atoms in total. The normalized spacial score (nSPS) is 20.2. The van der Waals surface area contributed by atoms with E-state index in [9.17, 15) is 47.0 Å². The molecule has 7 N–H and O–H groups in total. The number of nitrogens with one attached hydrogen (secondary N) is 4. The summed E-state index contributed by atoms with van der Waals surface area (Å²) in [4.78, 5) is 85.1. The van der Waals surface area contributed by atoms with Crippen LogP contribution in [-0.2, 0) is 46.0 Å². The number of halogens is 3. The topological polar surface area (TPSA) is 258 Å². The minimum atomic E-state index is -4.86. The van der Waals surface area contributed by atoms with Gasteiger partial charge < -0.3 is 51.2 Å². The number of alkyl halides is 3. The summed E-state index contributed by atoms with van der Waals surface area (Å²) < 4.78 is 60.2. The third kappa shape index (κ3) is 14.9. The smallest absolute Gasteiger partial charge is 0.435 e. The molecule has 77 heavy (non-hydrogen) atoms. The van der Waals surface area contributed by atoms with Crippen molar-refractivity contribution in [1.82, 2.24) is 35.6 Å². The van der Waals surface area contributed by atoms with Gasteiger partial charge >= 0.3 is 12.1 Å². The molecule has 0 spiro atoms. The fourth-order valence-corrected chi connectivity index (χ4v) is 11.0. The number of hydrogen-bond acceptors (Lipinski definition) is 15. The van der Waals surface area contributed by atoms with Crippen LogP contribution >= 0.6 is 11.3 Å². The third-order valence-electron chi connectivity index (χ3n) is 14.0.